The summed E-state index contributed by atoms with van der Waals surface area (Å²) in [5.41, 5.74) is 1.27. The Bertz CT molecular complexity index is 491. The van der Waals surface area contributed by atoms with Gasteiger partial charge in [0.25, 0.3) is 0 Å². The Kier molecular flexibility index (Phi) is 5.16. The summed E-state index contributed by atoms with van der Waals surface area (Å²) in [4.78, 5) is 17.1. The molecule has 122 valence electrons. The number of carbonyl (C=O) groups is 1. The lowest BCUT2D eigenvalue weighted by molar-refractivity contribution is -0.135. The molecule has 3 rings (SSSR count). The second-order valence-corrected chi connectivity index (χ2v) is 7.43. The lowest BCUT2D eigenvalue weighted by Gasteiger charge is -2.43. The molecule has 0 radical (unpaired) electrons. The molecule has 0 aliphatic carbocycles. The monoisotopic (exact) mass is 322 g/mol. The third kappa shape index (κ3) is 3.70. The highest BCUT2D eigenvalue weighted by molar-refractivity contribution is 7.07. The summed E-state index contributed by atoms with van der Waals surface area (Å²) in [6, 6.07) is 2.05. The Morgan fingerprint density at radius 2 is 2.32 bits per heavy atom. The number of hydrogen-bond acceptors (Lipinski definition) is 4. The zero-order valence-electron chi connectivity index (χ0n) is 13.4. The third-order valence-corrected chi connectivity index (χ3v) is 5.65. The second-order valence-electron chi connectivity index (χ2n) is 6.65. The van der Waals surface area contributed by atoms with E-state index in [0.29, 0.717) is 6.42 Å². The largest absolute Gasteiger partial charge is 0.379 e. The number of carbonyl (C=O) groups excluding carboxylic acids is 1. The molecule has 1 amide bonds. The number of rotatable bonds is 3. The normalized spacial score (nSPS) is 27.0. The van der Waals surface area contributed by atoms with Gasteiger partial charge < -0.3 is 14.5 Å². The van der Waals surface area contributed by atoms with E-state index in [2.05, 4.69) is 28.2 Å². The Morgan fingerprint density at radius 3 is 3.09 bits per heavy atom. The highest BCUT2D eigenvalue weighted by Gasteiger charge is 2.39. The van der Waals surface area contributed by atoms with Gasteiger partial charge in [-0.15, -0.1) is 0 Å². The first-order valence-electron chi connectivity index (χ1n) is 8.30. The molecule has 2 aliphatic rings. The van der Waals surface area contributed by atoms with Gasteiger partial charge in [-0.3, -0.25) is 4.79 Å². The van der Waals surface area contributed by atoms with Crippen LogP contribution in [0.2, 0.25) is 0 Å². The molecule has 1 aromatic rings. The van der Waals surface area contributed by atoms with E-state index in [4.69, 9.17) is 4.74 Å². The van der Waals surface area contributed by atoms with Crippen LogP contribution in [0.25, 0.3) is 0 Å². The van der Waals surface area contributed by atoms with Crippen LogP contribution in [-0.2, 0) is 16.0 Å². The number of nitrogens with zero attached hydrogens (tertiary/aromatic N) is 2. The van der Waals surface area contributed by atoms with Gasteiger partial charge >= 0.3 is 0 Å². The molecule has 1 spiro atoms. The van der Waals surface area contributed by atoms with Crippen molar-refractivity contribution in [3.8, 4) is 0 Å². The molecule has 2 fully saturated rings. The van der Waals surface area contributed by atoms with E-state index in [-0.39, 0.29) is 11.3 Å². The van der Waals surface area contributed by atoms with Gasteiger partial charge in [-0.05, 0) is 41.8 Å². The van der Waals surface area contributed by atoms with Crippen molar-refractivity contribution in [2.45, 2.75) is 26.2 Å². The van der Waals surface area contributed by atoms with Gasteiger partial charge in [-0.1, -0.05) is 6.92 Å². The van der Waals surface area contributed by atoms with E-state index in [0.717, 1.165) is 57.9 Å². The van der Waals surface area contributed by atoms with Crippen LogP contribution in [0.4, 0.5) is 0 Å². The first-order valence-corrected chi connectivity index (χ1v) is 9.24. The molecule has 1 aromatic heterocycles. The summed E-state index contributed by atoms with van der Waals surface area (Å²) in [6.45, 7) is 8.72. The molecule has 4 nitrogen and oxygen atoms in total. The van der Waals surface area contributed by atoms with Crippen molar-refractivity contribution in [3.63, 3.8) is 0 Å². The number of hydrogen-bond donors (Lipinski definition) is 0. The maximum atomic E-state index is 12.6. The Labute approximate surface area is 137 Å². The molecule has 2 aliphatic heterocycles. The van der Waals surface area contributed by atoms with Gasteiger partial charge in [0.1, 0.15) is 0 Å². The molecule has 1 atom stereocenters. The Hall–Kier alpha value is -0.910. The van der Waals surface area contributed by atoms with Gasteiger partial charge in [0.2, 0.25) is 5.91 Å². The van der Waals surface area contributed by atoms with E-state index in [1.54, 1.807) is 11.3 Å². The maximum absolute atomic E-state index is 12.6. The number of ether oxygens (including phenoxy) is 1. The number of amides is 1. The van der Waals surface area contributed by atoms with E-state index >= 15 is 0 Å². The zero-order chi connectivity index (χ0) is 15.4. The predicted molar refractivity (Wildman–Crippen MR) is 89.2 cm³/mol. The fourth-order valence-electron chi connectivity index (χ4n) is 3.70. The molecule has 3 heterocycles. The number of piperidine rings is 1. The molecule has 0 bridgehead atoms. The van der Waals surface area contributed by atoms with Crippen molar-refractivity contribution in [2.24, 2.45) is 5.41 Å². The summed E-state index contributed by atoms with van der Waals surface area (Å²) in [5.74, 6) is 0.268. The van der Waals surface area contributed by atoms with E-state index < -0.39 is 0 Å². The van der Waals surface area contributed by atoms with Crippen molar-refractivity contribution in [3.05, 3.63) is 22.4 Å². The quantitative estimate of drug-likeness (QED) is 0.856. The highest BCUT2D eigenvalue weighted by Crippen LogP contribution is 2.33. The number of thiophene rings is 1. The molecule has 0 saturated carbocycles. The van der Waals surface area contributed by atoms with E-state index in [9.17, 15) is 4.79 Å². The van der Waals surface area contributed by atoms with Gasteiger partial charge in [0.15, 0.2) is 0 Å². The molecular formula is C17H26N2O2S. The van der Waals surface area contributed by atoms with Crippen molar-refractivity contribution >= 4 is 17.2 Å². The smallest absolute Gasteiger partial charge is 0.227 e. The van der Waals surface area contributed by atoms with Gasteiger partial charge in [-0.2, -0.15) is 11.3 Å². The van der Waals surface area contributed by atoms with Crippen LogP contribution in [0.3, 0.4) is 0 Å². The molecule has 22 heavy (non-hydrogen) atoms. The first-order chi connectivity index (χ1) is 10.7. The summed E-state index contributed by atoms with van der Waals surface area (Å²) >= 11 is 1.66. The molecule has 5 heteroatoms. The summed E-state index contributed by atoms with van der Waals surface area (Å²) in [7, 11) is 0. The minimum Gasteiger partial charge on any atom is -0.379 e. The standard InChI is InChI=1S/C17H26N2O2S/c1-2-18-7-8-21-14-17(12-18)5-3-6-19(13-17)16(20)10-15-4-9-22-11-15/h4,9,11H,2-3,5-8,10,12-14H2,1H3/t17-/m1/s1. The average molecular weight is 322 g/mol. The van der Waals surface area contributed by atoms with Crippen LogP contribution < -0.4 is 0 Å². The Balaban J connectivity index is 1.66. The van der Waals surface area contributed by atoms with E-state index in [1.807, 2.05) is 5.38 Å². The molecule has 0 unspecified atom stereocenters. The fourth-order valence-corrected chi connectivity index (χ4v) is 4.37. The van der Waals surface area contributed by atoms with Gasteiger partial charge in [0.05, 0.1) is 19.6 Å². The van der Waals surface area contributed by atoms with Crippen LogP contribution >= 0.6 is 11.3 Å². The number of likely N-dealkylation sites (N-methyl/N-ethyl adjacent to an activating group) is 1. The maximum Gasteiger partial charge on any atom is 0.227 e. The summed E-state index contributed by atoms with van der Waals surface area (Å²) < 4.78 is 5.88. The molecule has 0 N–H and O–H groups in total. The molecule has 2 saturated heterocycles. The van der Waals surface area contributed by atoms with Crippen LogP contribution in [0, 0.1) is 5.41 Å². The lowest BCUT2D eigenvalue weighted by Crippen LogP contribution is -2.52. The van der Waals surface area contributed by atoms with Crippen LogP contribution in [0.1, 0.15) is 25.3 Å². The van der Waals surface area contributed by atoms with Crippen molar-refractivity contribution in [1.29, 1.82) is 0 Å². The topological polar surface area (TPSA) is 32.8 Å². The van der Waals surface area contributed by atoms with Crippen molar-refractivity contribution in [2.75, 3.05) is 45.9 Å². The van der Waals surface area contributed by atoms with E-state index in [1.165, 1.54) is 6.42 Å². The zero-order valence-corrected chi connectivity index (χ0v) is 14.2. The van der Waals surface area contributed by atoms with Crippen molar-refractivity contribution < 1.29 is 9.53 Å². The highest BCUT2D eigenvalue weighted by atomic mass is 32.1. The number of likely N-dealkylation sites (tertiary alicyclic amines) is 1. The average Bonchev–Trinajstić information content (AvgIpc) is 2.95. The molecule has 0 aromatic carbocycles. The third-order valence-electron chi connectivity index (χ3n) is 4.92. The Morgan fingerprint density at radius 1 is 1.41 bits per heavy atom. The van der Waals surface area contributed by atoms with Crippen LogP contribution in [0.15, 0.2) is 16.8 Å². The SMILES string of the molecule is CCN1CCOC[C@]2(CCCN(C(=O)Cc3ccsc3)C2)C1. The predicted octanol–water partition coefficient (Wildman–Crippen LogP) is 2.25. The summed E-state index contributed by atoms with van der Waals surface area (Å²) in [5, 5.41) is 4.11. The first kappa shape index (κ1) is 16.0. The van der Waals surface area contributed by atoms with Crippen LogP contribution in [-0.4, -0.2) is 61.6 Å². The van der Waals surface area contributed by atoms with Crippen LogP contribution in [0.5, 0.6) is 0 Å². The minimum atomic E-state index is 0.134. The van der Waals surface area contributed by atoms with Gasteiger partial charge in [0, 0.05) is 31.6 Å². The molecular weight excluding hydrogens is 296 g/mol. The fraction of sp³-hybridized carbons (Fsp3) is 0.706. The van der Waals surface area contributed by atoms with Gasteiger partial charge in [-0.25, -0.2) is 0 Å². The summed E-state index contributed by atoms with van der Waals surface area (Å²) in [6.07, 6.45) is 2.81. The van der Waals surface area contributed by atoms with Crippen molar-refractivity contribution in [1.82, 2.24) is 9.80 Å². The second kappa shape index (κ2) is 7.11. The minimum absolute atomic E-state index is 0.134. The lowest BCUT2D eigenvalue weighted by atomic mass is 9.80.